The van der Waals surface area contributed by atoms with E-state index in [1.807, 2.05) is 55.5 Å². The molecule has 2 aromatic rings. The average Bonchev–Trinajstić information content (AvgIpc) is 2.81. The molecule has 1 heterocycles. The number of nitrogens with one attached hydrogen (secondary N) is 2. The summed E-state index contributed by atoms with van der Waals surface area (Å²) in [7, 11) is 1.76. The minimum atomic E-state index is -0.712. The highest BCUT2D eigenvalue weighted by Crippen LogP contribution is 2.39. The number of hydrogen-bond acceptors (Lipinski definition) is 3. The number of hydrogen-bond donors (Lipinski definition) is 2. The van der Waals surface area contributed by atoms with Crippen LogP contribution in [0.2, 0.25) is 0 Å². The second-order valence-corrected chi connectivity index (χ2v) is 8.16. The Morgan fingerprint density at radius 2 is 1.69 bits per heavy atom. The maximum atomic E-state index is 13.3. The van der Waals surface area contributed by atoms with Crippen LogP contribution in [-0.4, -0.2) is 31.4 Å². The second kappa shape index (κ2) is 9.23. The average molecular weight is 394 g/mol. The molecule has 0 saturated carbocycles. The van der Waals surface area contributed by atoms with Gasteiger partial charge in [-0.1, -0.05) is 56.3 Å². The molecule has 1 aliphatic heterocycles. The predicted octanol–water partition coefficient (Wildman–Crippen LogP) is 3.90. The molecule has 29 heavy (non-hydrogen) atoms. The second-order valence-electron chi connectivity index (χ2n) is 8.16. The van der Waals surface area contributed by atoms with Gasteiger partial charge in [-0.25, -0.2) is 0 Å². The lowest BCUT2D eigenvalue weighted by Gasteiger charge is -2.24. The van der Waals surface area contributed by atoms with Crippen LogP contribution in [0.25, 0.3) is 11.1 Å². The Hall–Kier alpha value is -2.66. The van der Waals surface area contributed by atoms with Gasteiger partial charge in [-0.05, 0) is 49.4 Å². The molecule has 0 fully saturated rings. The van der Waals surface area contributed by atoms with E-state index in [1.54, 1.807) is 11.9 Å². The van der Waals surface area contributed by atoms with Gasteiger partial charge < -0.3 is 15.5 Å². The molecule has 2 N–H and O–H groups in total. The lowest BCUT2D eigenvalue weighted by Crippen LogP contribution is -2.47. The predicted molar refractivity (Wildman–Crippen MR) is 118 cm³/mol. The van der Waals surface area contributed by atoms with Gasteiger partial charge in [0, 0.05) is 12.6 Å². The van der Waals surface area contributed by atoms with Crippen molar-refractivity contribution in [1.82, 2.24) is 10.6 Å². The summed E-state index contributed by atoms with van der Waals surface area (Å²) in [5, 5.41) is 6.26. The molecule has 2 aromatic carbocycles. The van der Waals surface area contributed by atoms with E-state index in [1.165, 1.54) is 0 Å². The largest absolute Gasteiger partial charge is 0.339 e. The van der Waals surface area contributed by atoms with Gasteiger partial charge in [0.15, 0.2) is 0 Å². The summed E-state index contributed by atoms with van der Waals surface area (Å²) in [4.78, 5) is 27.7. The van der Waals surface area contributed by atoms with E-state index in [4.69, 9.17) is 0 Å². The first-order chi connectivity index (χ1) is 13.9. The molecule has 3 rings (SSSR count). The van der Waals surface area contributed by atoms with Crippen LogP contribution in [0.1, 0.15) is 45.2 Å². The zero-order chi connectivity index (χ0) is 21.0. The van der Waals surface area contributed by atoms with Gasteiger partial charge >= 0.3 is 0 Å². The molecule has 0 bridgehead atoms. The molecule has 5 nitrogen and oxygen atoms in total. The van der Waals surface area contributed by atoms with E-state index in [2.05, 4.69) is 24.5 Å². The highest BCUT2D eigenvalue weighted by Gasteiger charge is 2.33. The molecule has 2 amide bonds. The number of fused-ring (bicyclic) bond motifs is 3. The minimum absolute atomic E-state index is 0.136. The van der Waals surface area contributed by atoms with Crippen molar-refractivity contribution in [3.05, 3.63) is 54.1 Å². The Kier molecular flexibility index (Phi) is 6.70. The van der Waals surface area contributed by atoms with Crippen LogP contribution >= 0.6 is 0 Å². The number of carbonyl (C=O) groups excluding carboxylic acids is 2. The highest BCUT2D eigenvalue weighted by molar-refractivity contribution is 6.06. The molecule has 0 spiro atoms. The molecular formula is C24H31N3O2. The smallest absolute Gasteiger partial charge is 0.253 e. The molecule has 0 radical (unpaired) electrons. The van der Waals surface area contributed by atoms with Crippen molar-refractivity contribution in [3.8, 4) is 11.1 Å². The Bertz CT molecular complexity index is 878. The molecule has 0 saturated heterocycles. The molecule has 0 aromatic heterocycles. The van der Waals surface area contributed by atoms with Crippen molar-refractivity contribution in [2.45, 2.75) is 45.7 Å². The standard InChI is InChI=1S/C24H31N3O2/c1-16(2)10-9-15-25-17(3)23(28)26-22-20-13-6-5-11-18(20)19-12-7-8-14-21(19)27(4)24(22)29/h5-8,11-14,16-17,22,25H,9-10,15H2,1-4H3,(H,26,28). The zero-order valence-corrected chi connectivity index (χ0v) is 17.7. The van der Waals surface area contributed by atoms with Gasteiger partial charge in [-0.15, -0.1) is 0 Å². The van der Waals surface area contributed by atoms with Crippen molar-refractivity contribution >= 4 is 17.5 Å². The zero-order valence-electron chi connectivity index (χ0n) is 17.7. The number of anilines is 1. The summed E-state index contributed by atoms with van der Waals surface area (Å²) in [6.45, 7) is 7.02. The first kappa shape index (κ1) is 21.1. The van der Waals surface area contributed by atoms with Crippen molar-refractivity contribution < 1.29 is 9.59 Å². The van der Waals surface area contributed by atoms with Crippen LogP contribution < -0.4 is 15.5 Å². The number of para-hydroxylation sites is 1. The van der Waals surface area contributed by atoms with Crippen molar-refractivity contribution in [2.24, 2.45) is 5.92 Å². The lowest BCUT2D eigenvalue weighted by molar-refractivity contribution is -0.128. The van der Waals surface area contributed by atoms with Gasteiger partial charge in [0.25, 0.3) is 5.91 Å². The molecule has 0 aliphatic carbocycles. The first-order valence-corrected chi connectivity index (χ1v) is 10.4. The summed E-state index contributed by atoms with van der Waals surface area (Å²) in [6, 6.07) is 14.6. The molecular weight excluding hydrogens is 362 g/mol. The quantitative estimate of drug-likeness (QED) is 0.702. The molecule has 2 atom stereocenters. The number of carbonyl (C=O) groups is 2. The normalized spacial score (nSPS) is 16.8. The fourth-order valence-corrected chi connectivity index (χ4v) is 3.76. The van der Waals surface area contributed by atoms with E-state index in [-0.39, 0.29) is 17.9 Å². The number of nitrogens with zero attached hydrogens (tertiary/aromatic N) is 1. The number of benzene rings is 2. The Balaban J connectivity index is 1.81. The Morgan fingerprint density at radius 3 is 2.41 bits per heavy atom. The summed E-state index contributed by atoms with van der Waals surface area (Å²) in [5.41, 5.74) is 3.65. The van der Waals surface area contributed by atoms with Crippen molar-refractivity contribution in [1.29, 1.82) is 0 Å². The topological polar surface area (TPSA) is 61.4 Å². The van der Waals surface area contributed by atoms with Gasteiger partial charge in [0.05, 0.1) is 11.7 Å². The Labute approximate surface area is 173 Å². The number of likely N-dealkylation sites (N-methyl/N-ethyl adjacent to an activating group) is 1. The highest BCUT2D eigenvalue weighted by atomic mass is 16.2. The third-order valence-electron chi connectivity index (χ3n) is 5.49. The fourth-order valence-electron chi connectivity index (χ4n) is 3.76. The minimum Gasteiger partial charge on any atom is -0.339 e. The summed E-state index contributed by atoms with van der Waals surface area (Å²) < 4.78 is 0. The SMILES string of the molecule is CC(C)CCCNC(C)C(=O)NC1C(=O)N(C)c2ccccc2-c2ccccc21. The fraction of sp³-hybridized carbons (Fsp3) is 0.417. The van der Waals surface area contributed by atoms with Crippen LogP contribution in [0, 0.1) is 5.92 Å². The maximum absolute atomic E-state index is 13.3. The van der Waals surface area contributed by atoms with Gasteiger partial charge in [0.2, 0.25) is 5.91 Å². The van der Waals surface area contributed by atoms with E-state index >= 15 is 0 Å². The van der Waals surface area contributed by atoms with Gasteiger partial charge in [-0.3, -0.25) is 9.59 Å². The molecule has 154 valence electrons. The number of amides is 2. The summed E-state index contributed by atoms with van der Waals surface area (Å²) in [6.07, 6.45) is 2.15. The van der Waals surface area contributed by atoms with Gasteiger partial charge in [0.1, 0.15) is 6.04 Å². The van der Waals surface area contributed by atoms with Crippen LogP contribution in [0.4, 0.5) is 5.69 Å². The van der Waals surface area contributed by atoms with E-state index in [9.17, 15) is 9.59 Å². The summed E-state index contributed by atoms with van der Waals surface area (Å²) in [5.74, 6) is 0.350. The monoisotopic (exact) mass is 393 g/mol. The molecule has 5 heteroatoms. The summed E-state index contributed by atoms with van der Waals surface area (Å²) >= 11 is 0. The first-order valence-electron chi connectivity index (χ1n) is 10.4. The molecule has 1 aliphatic rings. The maximum Gasteiger partial charge on any atom is 0.253 e. The lowest BCUT2D eigenvalue weighted by atomic mass is 9.95. The van der Waals surface area contributed by atoms with Gasteiger partial charge in [-0.2, -0.15) is 0 Å². The van der Waals surface area contributed by atoms with E-state index in [0.29, 0.717) is 5.92 Å². The van der Waals surface area contributed by atoms with Crippen LogP contribution in [-0.2, 0) is 9.59 Å². The van der Waals surface area contributed by atoms with Crippen molar-refractivity contribution in [2.75, 3.05) is 18.5 Å². The third kappa shape index (κ3) is 4.67. The Morgan fingerprint density at radius 1 is 1.03 bits per heavy atom. The van der Waals surface area contributed by atoms with E-state index < -0.39 is 6.04 Å². The van der Waals surface area contributed by atoms with Crippen LogP contribution in [0.3, 0.4) is 0 Å². The van der Waals surface area contributed by atoms with Crippen molar-refractivity contribution in [3.63, 3.8) is 0 Å². The van der Waals surface area contributed by atoms with E-state index in [0.717, 1.165) is 41.8 Å². The third-order valence-corrected chi connectivity index (χ3v) is 5.49. The van der Waals surface area contributed by atoms with Crippen LogP contribution in [0.5, 0.6) is 0 Å². The molecule has 2 unspecified atom stereocenters. The number of rotatable bonds is 7. The van der Waals surface area contributed by atoms with Crippen LogP contribution in [0.15, 0.2) is 48.5 Å².